The largest absolute Gasteiger partial charge is 0.369 e. The highest BCUT2D eigenvalue weighted by atomic mass is 32.2. The van der Waals surface area contributed by atoms with Crippen LogP contribution >= 0.6 is 11.3 Å². The van der Waals surface area contributed by atoms with Crippen LogP contribution in [0.2, 0.25) is 0 Å². The fourth-order valence-corrected chi connectivity index (χ4v) is 3.12. The van der Waals surface area contributed by atoms with Gasteiger partial charge >= 0.3 is 0 Å². The van der Waals surface area contributed by atoms with Gasteiger partial charge in [-0.15, -0.1) is 11.3 Å². The topological polar surface area (TPSA) is 115 Å². The molecule has 84 valence electrons. The van der Waals surface area contributed by atoms with Crippen molar-refractivity contribution in [2.75, 3.05) is 6.54 Å². The number of hydrogen-bond donors (Lipinski definition) is 3. The zero-order valence-corrected chi connectivity index (χ0v) is 9.40. The summed E-state index contributed by atoms with van der Waals surface area (Å²) in [7, 11) is -3.63. The number of rotatable bonds is 5. The van der Waals surface area contributed by atoms with Gasteiger partial charge in [-0.3, -0.25) is 4.79 Å². The van der Waals surface area contributed by atoms with Crippen LogP contribution in [0.4, 0.5) is 0 Å². The predicted octanol–water partition coefficient (Wildman–Crippen LogP) is -1.03. The van der Waals surface area contributed by atoms with E-state index in [0.29, 0.717) is 0 Å². The fourth-order valence-electron chi connectivity index (χ4n) is 0.850. The van der Waals surface area contributed by atoms with E-state index in [4.69, 9.17) is 11.5 Å². The summed E-state index contributed by atoms with van der Waals surface area (Å²) in [5.74, 6) is -0.728. The highest BCUT2D eigenvalue weighted by Crippen LogP contribution is 2.20. The Labute approximate surface area is 91.3 Å². The van der Waals surface area contributed by atoms with E-state index in [-0.39, 0.29) is 10.8 Å². The molecule has 0 aliphatic heterocycles. The van der Waals surface area contributed by atoms with Crippen molar-refractivity contribution < 1.29 is 13.2 Å². The van der Waals surface area contributed by atoms with E-state index in [2.05, 4.69) is 4.72 Å². The lowest BCUT2D eigenvalue weighted by Crippen LogP contribution is -2.32. The third-order valence-electron chi connectivity index (χ3n) is 1.54. The number of primary amides is 1. The van der Waals surface area contributed by atoms with Crippen molar-refractivity contribution >= 4 is 27.3 Å². The zero-order valence-electron chi connectivity index (χ0n) is 7.76. The molecule has 1 aromatic rings. The molecule has 0 fully saturated rings. The van der Waals surface area contributed by atoms with E-state index in [1.54, 1.807) is 6.07 Å². The van der Waals surface area contributed by atoms with Crippen LogP contribution in [-0.4, -0.2) is 20.9 Å². The molecule has 8 heteroatoms. The smallest absolute Gasteiger partial charge is 0.250 e. The molecule has 1 aromatic heterocycles. The Balaban J connectivity index is 2.81. The van der Waals surface area contributed by atoms with Crippen molar-refractivity contribution in [1.82, 2.24) is 4.72 Å². The predicted molar refractivity (Wildman–Crippen MR) is 56.6 cm³/mol. The lowest BCUT2D eigenvalue weighted by molar-refractivity contribution is -0.116. The van der Waals surface area contributed by atoms with Gasteiger partial charge in [0, 0.05) is 11.4 Å². The number of carbonyl (C=O) groups is 1. The minimum absolute atomic E-state index is 0.129. The zero-order chi connectivity index (χ0) is 11.5. The van der Waals surface area contributed by atoms with Gasteiger partial charge in [0.2, 0.25) is 5.91 Å². The maximum Gasteiger partial charge on any atom is 0.250 e. The van der Waals surface area contributed by atoms with E-state index < -0.39 is 22.5 Å². The highest BCUT2D eigenvalue weighted by molar-refractivity contribution is 7.91. The van der Waals surface area contributed by atoms with E-state index in [9.17, 15) is 13.2 Å². The first kappa shape index (κ1) is 12.1. The first-order valence-corrected chi connectivity index (χ1v) is 6.32. The number of sulfonamides is 1. The Bertz CT molecular complexity index is 452. The van der Waals surface area contributed by atoms with Gasteiger partial charge in [-0.1, -0.05) is 0 Å². The molecule has 1 amide bonds. The number of nitrogens with one attached hydrogen (secondary N) is 1. The molecule has 0 saturated carbocycles. The minimum Gasteiger partial charge on any atom is -0.369 e. The summed E-state index contributed by atoms with van der Waals surface area (Å²) in [6.45, 7) is -0.117. The summed E-state index contributed by atoms with van der Waals surface area (Å²) in [5.41, 5.74) is 10.2. The van der Waals surface area contributed by atoms with Crippen LogP contribution in [-0.2, 0) is 21.4 Å². The number of carbonyl (C=O) groups excluding carboxylic acids is 1. The van der Waals surface area contributed by atoms with Gasteiger partial charge in [0.1, 0.15) is 4.21 Å². The van der Waals surface area contributed by atoms with E-state index in [1.807, 2.05) is 0 Å². The molecule has 0 saturated heterocycles. The first-order chi connectivity index (χ1) is 6.95. The quantitative estimate of drug-likeness (QED) is 0.618. The Morgan fingerprint density at radius 3 is 2.60 bits per heavy atom. The van der Waals surface area contributed by atoms with Gasteiger partial charge < -0.3 is 11.5 Å². The molecule has 0 aromatic carbocycles. The van der Waals surface area contributed by atoms with Crippen molar-refractivity contribution in [3.8, 4) is 0 Å². The molecule has 0 radical (unpaired) electrons. The Kier molecular flexibility index (Phi) is 3.80. The maximum atomic E-state index is 11.5. The Morgan fingerprint density at radius 2 is 2.13 bits per heavy atom. The minimum atomic E-state index is -3.63. The van der Waals surface area contributed by atoms with Gasteiger partial charge in [0.25, 0.3) is 10.0 Å². The van der Waals surface area contributed by atoms with Crippen molar-refractivity contribution in [3.05, 3.63) is 17.0 Å². The molecule has 1 heterocycles. The van der Waals surface area contributed by atoms with Crippen LogP contribution in [0.5, 0.6) is 0 Å². The second-order valence-corrected chi connectivity index (χ2v) is 5.88. The summed E-state index contributed by atoms with van der Waals surface area (Å²) < 4.78 is 25.2. The van der Waals surface area contributed by atoms with Crippen LogP contribution in [0.15, 0.2) is 16.3 Å². The van der Waals surface area contributed by atoms with Gasteiger partial charge in [0.15, 0.2) is 0 Å². The number of amides is 1. The molecule has 0 aliphatic rings. The second-order valence-electron chi connectivity index (χ2n) is 2.72. The third-order valence-corrected chi connectivity index (χ3v) is 4.54. The maximum absolute atomic E-state index is 11.5. The average Bonchev–Trinajstić information content (AvgIpc) is 2.63. The first-order valence-electron chi connectivity index (χ1n) is 4.02. The molecule has 0 atom stereocenters. The van der Waals surface area contributed by atoms with E-state index in [1.165, 1.54) is 6.07 Å². The summed E-state index contributed by atoms with van der Waals surface area (Å²) in [6, 6.07) is 3.07. The number of thiophene rings is 1. The second kappa shape index (κ2) is 4.71. The van der Waals surface area contributed by atoms with Crippen LogP contribution in [0.1, 0.15) is 4.88 Å². The molecule has 0 spiro atoms. The average molecular weight is 249 g/mol. The Hall–Kier alpha value is -0.960. The van der Waals surface area contributed by atoms with Gasteiger partial charge in [-0.2, -0.15) is 0 Å². The van der Waals surface area contributed by atoms with Gasteiger partial charge in [-0.05, 0) is 12.1 Å². The van der Waals surface area contributed by atoms with Crippen LogP contribution in [0.25, 0.3) is 0 Å². The fraction of sp³-hybridized carbons (Fsp3) is 0.286. The monoisotopic (exact) mass is 249 g/mol. The van der Waals surface area contributed by atoms with Crippen molar-refractivity contribution in [2.45, 2.75) is 10.8 Å². The standard InChI is InChI=1S/C7H11N3O3S2/c8-3-5-1-2-7(14-5)15(12,13)10-4-6(9)11/h1-2,10H,3-4,8H2,(H2,9,11). The highest BCUT2D eigenvalue weighted by Gasteiger charge is 2.16. The molecule has 15 heavy (non-hydrogen) atoms. The summed E-state index contributed by atoms with van der Waals surface area (Å²) >= 11 is 1.06. The summed E-state index contributed by atoms with van der Waals surface area (Å²) in [5, 5.41) is 0. The summed E-state index contributed by atoms with van der Waals surface area (Å²) in [4.78, 5) is 11.2. The molecule has 0 aliphatic carbocycles. The third kappa shape index (κ3) is 3.27. The van der Waals surface area contributed by atoms with E-state index >= 15 is 0 Å². The molecule has 0 unspecified atom stereocenters. The lowest BCUT2D eigenvalue weighted by Gasteiger charge is -2.00. The molecular formula is C7H11N3O3S2. The van der Waals surface area contributed by atoms with Crippen molar-refractivity contribution in [3.63, 3.8) is 0 Å². The Morgan fingerprint density at radius 1 is 1.47 bits per heavy atom. The van der Waals surface area contributed by atoms with Gasteiger partial charge in [-0.25, -0.2) is 13.1 Å². The number of nitrogens with two attached hydrogens (primary N) is 2. The summed E-state index contributed by atoms with van der Waals surface area (Å²) in [6.07, 6.45) is 0. The SMILES string of the molecule is NCc1ccc(S(=O)(=O)NCC(N)=O)s1. The molecule has 1 rings (SSSR count). The van der Waals surface area contributed by atoms with Crippen LogP contribution in [0.3, 0.4) is 0 Å². The van der Waals surface area contributed by atoms with Crippen molar-refractivity contribution in [2.24, 2.45) is 11.5 Å². The van der Waals surface area contributed by atoms with Crippen LogP contribution in [0, 0.1) is 0 Å². The van der Waals surface area contributed by atoms with Gasteiger partial charge in [0.05, 0.1) is 6.54 Å². The molecular weight excluding hydrogens is 238 g/mol. The normalized spacial score (nSPS) is 11.5. The van der Waals surface area contributed by atoms with E-state index in [0.717, 1.165) is 16.2 Å². The molecule has 0 bridgehead atoms. The van der Waals surface area contributed by atoms with Crippen LogP contribution < -0.4 is 16.2 Å². The molecule has 6 nitrogen and oxygen atoms in total. The van der Waals surface area contributed by atoms with Crippen molar-refractivity contribution in [1.29, 1.82) is 0 Å². The number of hydrogen-bond acceptors (Lipinski definition) is 5. The lowest BCUT2D eigenvalue weighted by atomic mass is 10.5. The molecule has 5 N–H and O–H groups in total.